The highest BCUT2D eigenvalue weighted by atomic mass is 79.9. The van der Waals surface area contributed by atoms with Gasteiger partial charge in [0.25, 0.3) is 0 Å². The van der Waals surface area contributed by atoms with Crippen LogP contribution in [0.1, 0.15) is 25.8 Å². The molecule has 0 saturated heterocycles. The van der Waals surface area contributed by atoms with E-state index in [9.17, 15) is 9.18 Å². The highest BCUT2D eigenvalue weighted by Gasteiger charge is 2.31. The minimum Gasteiger partial charge on any atom is -0.481 e. The predicted molar refractivity (Wildman–Crippen MR) is 63.8 cm³/mol. The Bertz CT molecular complexity index is 406. The number of carboxylic acids is 1. The zero-order valence-corrected chi connectivity index (χ0v) is 10.8. The second-order valence-electron chi connectivity index (χ2n) is 4.13. The third-order valence-corrected chi connectivity index (χ3v) is 3.66. The summed E-state index contributed by atoms with van der Waals surface area (Å²) in [6.07, 6.45) is 0.822. The molecule has 1 aromatic carbocycles. The second-order valence-corrected chi connectivity index (χ2v) is 4.99. The summed E-state index contributed by atoms with van der Waals surface area (Å²) < 4.78 is 13.8. The van der Waals surface area contributed by atoms with Gasteiger partial charge in [0.1, 0.15) is 5.82 Å². The number of aliphatic carboxylic acids is 1. The van der Waals surface area contributed by atoms with Crippen LogP contribution in [0.4, 0.5) is 4.39 Å². The number of rotatable bonds is 4. The summed E-state index contributed by atoms with van der Waals surface area (Å²) in [6, 6.07) is 4.32. The number of halogens is 2. The van der Waals surface area contributed by atoms with E-state index in [1.807, 2.05) is 6.92 Å². The van der Waals surface area contributed by atoms with Gasteiger partial charge < -0.3 is 5.11 Å². The first-order valence-corrected chi connectivity index (χ1v) is 5.85. The van der Waals surface area contributed by atoms with E-state index >= 15 is 0 Å². The Morgan fingerprint density at radius 1 is 1.56 bits per heavy atom. The molecule has 88 valence electrons. The zero-order valence-electron chi connectivity index (χ0n) is 9.26. The van der Waals surface area contributed by atoms with Crippen molar-refractivity contribution in [2.45, 2.75) is 26.7 Å². The third kappa shape index (κ3) is 2.82. The van der Waals surface area contributed by atoms with Gasteiger partial charge in [0.05, 0.1) is 5.41 Å². The molecule has 16 heavy (non-hydrogen) atoms. The van der Waals surface area contributed by atoms with Crippen LogP contribution in [0.2, 0.25) is 0 Å². The summed E-state index contributed by atoms with van der Waals surface area (Å²) in [5, 5.41) is 9.14. The van der Waals surface area contributed by atoms with Gasteiger partial charge >= 0.3 is 5.97 Å². The molecule has 0 spiro atoms. The van der Waals surface area contributed by atoms with Crippen molar-refractivity contribution in [3.63, 3.8) is 0 Å². The van der Waals surface area contributed by atoms with E-state index in [0.717, 1.165) is 4.47 Å². The lowest BCUT2D eigenvalue weighted by molar-refractivity contribution is -0.148. The molecule has 0 saturated carbocycles. The Kier molecular flexibility index (Phi) is 4.08. The van der Waals surface area contributed by atoms with E-state index in [4.69, 9.17) is 5.11 Å². The van der Waals surface area contributed by atoms with Gasteiger partial charge in [0.15, 0.2) is 0 Å². The molecule has 0 aromatic heterocycles. The zero-order chi connectivity index (χ0) is 12.3. The standard InChI is InChI=1S/C12H14BrFO2/c1-3-12(2,11(15)16)7-8-6-9(14)4-5-10(8)13/h4-6H,3,7H2,1-2H3,(H,15,16). The van der Waals surface area contributed by atoms with Crippen molar-refractivity contribution in [3.05, 3.63) is 34.1 Å². The van der Waals surface area contributed by atoms with Crippen LogP contribution in [0.5, 0.6) is 0 Å². The van der Waals surface area contributed by atoms with Gasteiger partial charge in [-0.25, -0.2) is 4.39 Å². The first kappa shape index (κ1) is 13.2. The van der Waals surface area contributed by atoms with E-state index in [1.54, 1.807) is 13.0 Å². The molecule has 2 nitrogen and oxygen atoms in total. The summed E-state index contributed by atoms with van der Waals surface area (Å²) in [7, 11) is 0. The van der Waals surface area contributed by atoms with Crippen LogP contribution in [0.15, 0.2) is 22.7 Å². The van der Waals surface area contributed by atoms with Gasteiger partial charge in [-0.15, -0.1) is 0 Å². The number of carboxylic acid groups (broad SMARTS) is 1. The van der Waals surface area contributed by atoms with E-state index < -0.39 is 11.4 Å². The Morgan fingerprint density at radius 2 is 2.19 bits per heavy atom. The molecule has 0 aliphatic carbocycles. The van der Waals surface area contributed by atoms with Gasteiger partial charge in [-0.05, 0) is 43.5 Å². The first-order chi connectivity index (χ1) is 7.39. The van der Waals surface area contributed by atoms with Crippen molar-refractivity contribution in [2.75, 3.05) is 0 Å². The van der Waals surface area contributed by atoms with Crippen molar-refractivity contribution >= 4 is 21.9 Å². The number of carbonyl (C=O) groups is 1. The molecule has 1 N–H and O–H groups in total. The molecule has 0 fully saturated rings. The molecule has 0 radical (unpaired) electrons. The highest BCUT2D eigenvalue weighted by Crippen LogP contribution is 2.30. The van der Waals surface area contributed by atoms with E-state index in [0.29, 0.717) is 18.4 Å². The molecular formula is C12H14BrFO2. The molecule has 1 atom stereocenters. The van der Waals surface area contributed by atoms with E-state index in [2.05, 4.69) is 15.9 Å². The average Bonchev–Trinajstić information content (AvgIpc) is 2.23. The fourth-order valence-electron chi connectivity index (χ4n) is 1.45. The van der Waals surface area contributed by atoms with Gasteiger partial charge in [0, 0.05) is 4.47 Å². The van der Waals surface area contributed by atoms with Crippen molar-refractivity contribution in [1.29, 1.82) is 0 Å². The summed E-state index contributed by atoms with van der Waals surface area (Å²) in [5.74, 6) is -1.20. The largest absolute Gasteiger partial charge is 0.481 e. The molecule has 0 heterocycles. The highest BCUT2D eigenvalue weighted by molar-refractivity contribution is 9.10. The average molecular weight is 289 g/mol. The quantitative estimate of drug-likeness (QED) is 0.919. The first-order valence-electron chi connectivity index (χ1n) is 5.06. The lowest BCUT2D eigenvalue weighted by Crippen LogP contribution is -2.29. The summed E-state index contributed by atoms with van der Waals surface area (Å²) >= 11 is 3.30. The van der Waals surface area contributed by atoms with Crippen LogP contribution in [0.3, 0.4) is 0 Å². The maximum Gasteiger partial charge on any atom is 0.309 e. The van der Waals surface area contributed by atoms with Crippen LogP contribution in [0.25, 0.3) is 0 Å². The lowest BCUT2D eigenvalue weighted by atomic mass is 9.81. The van der Waals surface area contributed by atoms with Gasteiger partial charge in [0.2, 0.25) is 0 Å². The number of hydrogen-bond donors (Lipinski definition) is 1. The van der Waals surface area contributed by atoms with E-state index in [1.165, 1.54) is 12.1 Å². The molecule has 0 aliphatic rings. The topological polar surface area (TPSA) is 37.3 Å². The fourth-order valence-corrected chi connectivity index (χ4v) is 1.84. The van der Waals surface area contributed by atoms with Gasteiger partial charge in [-0.1, -0.05) is 22.9 Å². The maximum atomic E-state index is 13.1. The summed E-state index contributed by atoms with van der Waals surface area (Å²) in [5.41, 5.74) is -0.164. The SMILES string of the molecule is CCC(C)(Cc1cc(F)ccc1Br)C(=O)O. The predicted octanol–water partition coefficient (Wildman–Crippen LogP) is 3.63. The maximum absolute atomic E-state index is 13.1. The smallest absolute Gasteiger partial charge is 0.309 e. The van der Waals surface area contributed by atoms with Crippen LogP contribution in [0, 0.1) is 11.2 Å². The van der Waals surface area contributed by atoms with Gasteiger partial charge in [-0.2, -0.15) is 0 Å². The minimum absolute atomic E-state index is 0.317. The molecule has 1 unspecified atom stereocenters. The molecule has 1 aromatic rings. The molecule has 0 amide bonds. The van der Waals surface area contributed by atoms with Crippen molar-refractivity contribution in [2.24, 2.45) is 5.41 Å². The Morgan fingerprint density at radius 3 is 2.69 bits per heavy atom. The lowest BCUT2D eigenvalue weighted by Gasteiger charge is -2.23. The van der Waals surface area contributed by atoms with Crippen molar-refractivity contribution < 1.29 is 14.3 Å². The van der Waals surface area contributed by atoms with Crippen molar-refractivity contribution in [3.8, 4) is 0 Å². The Labute approximate surface area is 103 Å². The molecule has 4 heteroatoms. The molecule has 0 aliphatic heterocycles. The summed E-state index contributed by atoms with van der Waals surface area (Å²) in [4.78, 5) is 11.1. The fraction of sp³-hybridized carbons (Fsp3) is 0.417. The van der Waals surface area contributed by atoms with E-state index in [-0.39, 0.29) is 5.82 Å². The van der Waals surface area contributed by atoms with Crippen LogP contribution in [-0.4, -0.2) is 11.1 Å². The molecule has 0 bridgehead atoms. The van der Waals surface area contributed by atoms with Crippen molar-refractivity contribution in [1.82, 2.24) is 0 Å². The summed E-state index contributed by atoms with van der Waals surface area (Å²) in [6.45, 7) is 3.49. The Hall–Kier alpha value is -0.900. The normalized spacial score (nSPS) is 14.5. The van der Waals surface area contributed by atoms with Crippen LogP contribution < -0.4 is 0 Å². The number of hydrogen-bond acceptors (Lipinski definition) is 1. The third-order valence-electron chi connectivity index (χ3n) is 2.89. The molecular weight excluding hydrogens is 275 g/mol. The Balaban J connectivity index is 3.03. The second kappa shape index (κ2) is 4.95. The monoisotopic (exact) mass is 288 g/mol. The van der Waals surface area contributed by atoms with Gasteiger partial charge in [-0.3, -0.25) is 4.79 Å². The van der Waals surface area contributed by atoms with Crippen LogP contribution in [-0.2, 0) is 11.2 Å². The minimum atomic E-state index is -0.855. The number of benzene rings is 1. The van der Waals surface area contributed by atoms with Crippen LogP contribution >= 0.6 is 15.9 Å². The molecule has 1 rings (SSSR count).